The molecule has 6 nitrogen and oxygen atoms in total. The number of amides is 3. The highest BCUT2D eigenvalue weighted by Crippen LogP contribution is 2.31. The van der Waals surface area contributed by atoms with E-state index in [0.29, 0.717) is 24.2 Å². The third kappa shape index (κ3) is 4.05. The Hall–Kier alpha value is -2.21. The van der Waals surface area contributed by atoms with Crippen molar-refractivity contribution in [3.8, 4) is 0 Å². The van der Waals surface area contributed by atoms with Gasteiger partial charge in [0.2, 0.25) is 5.91 Å². The Balaban J connectivity index is 1.42. The Kier molecular flexibility index (Phi) is 5.00. The smallest absolute Gasteiger partial charge is 0.318 e. The van der Waals surface area contributed by atoms with Gasteiger partial charge in [0, 0.05) is 47.7 Å². The van der Waals surface area contributed by atoms with Crippen molar-refractivity contribution in [3.63, 3.8) is 0 Å². The fourth-order valence-electron chi connectivity index (χ4n) is 3.97. The number of piperidine rings is 1. The van der Waals surface area contributed by atoms with E-state index in [1.165, 1.54) is 0 Å². The summed E-state index contributed by atoms with van der Waals surface area (Å²) in [5, 5.41) is 4.79. The number of carbonyl (C=O) groups is 2. The third-order valence-electron chi connectivity index (χ3n) is 5.48. The zero-order chi connectivity index (χ0) is 19.0. The molecular formula is C20H25ClN4O2. The molecule has 0 bridgehead atoms. The summed E-state index contributed by atoms with van der Waals surface area (Å²) in [7, 11) is 0. The molecule has 1 saturated carbocycles. The molecule has 0 unspecified atom stereocenters. The number of aromatic nitrogens is 1. The fourth-order valence-corrected chi connectivity index (χ4v) is 4.15. The minimum atomic E-state index is -0.0374. The second-order valence-corrected chi connectivity index (χ2v) is 8.02. The highest BCUT2D eigenvalue weighted by Gasteiger charge is 2.39. The summed E-state index contributed by atoms with van der Waals surface area (Å²) in [5.41, 5.74) is 1.96. The number of fused-ring (bicyclic) bond motifs is 1. The molecule has 2 N–H and O–H groups in total. The lowest BCUT2D eigenvalue weighted by atomic mass is 10.0. The Labute approximate surface area is 163 Å². The van der Waals surface area contributed by atoms with E-state index in [9.17, 15) is 9.59 Å². The highest BCUT2D eigenvalue weighted by atomic mass is 35.5. The quantitative estimate of drug-likeness (QED) is 0.841. The summed E-state index contributed by atoms with van der Waals surface area (Å²) in [6.07, 6.45) is 4.01. The van der Waals surface area contributed by atoms with Gasteiger partial charge in [-0.05, 0) is 49.9 Å². The molecule has 27 heavy (non-hydrogen) atoms. The van der Waals surface area contributed by atoms with Crippen LogP contribution in [0, 0.1) is 0 Å². The Morgan fingerprint density at radius 1 is 1.26 bits per heavy atom. The molecule has 1 atom stereocenters. The van der Waals surface area contributed by atoms with E-state index in [0.717, 1.165) is 48.8 Å². The molecule has 0 radical (unpaired) electrons. The average Bonchev–Trinajstić information content (AvgIpc) is 3.39. The van der Waals surface area contributed by atoms with Crippen LogP contribution >= 0.6 is 11.6 Å². The van der Waals surface area contributed by atoms with Crippen molar-refractivity contribution in [1.82, 2.24) is 20.1 Å². The minimum absolute atomic E-state index is 0.0374. The van der Waals surface area contributed by atoms with Gasteiger partial charge in [0.1, 0.15) is 0 Å². The Bertz CT molecular complexity index is 861. The Morgan fingerprint density at radius 3 is 2.81 bits per heavy atom. The third-order valence-corrected chi connectivity index (χ3v) is 5.71. The lowest BCUT2D eigenvalue weighted by Crippen LogP contribution is -2.54. The number of rotatable bonds is 4. The van der Waals surface area contributed by atoms with Crippen LogP contribution in [0.4, 0.5) is 4.79 Å². The molecule has 2 heterocycles. The summed E-state index contributed by atoms with van der Waals surface area (Å²) in [6.45, 7) is 3.48. The first kappa shape index (κ1) is 18.2. The molecule has 4 rings (SSSR count). The predicted molar refractivity (Wildman–Crippen MR) is 106 cm³/mol. The second kappa shape index (κ2) is 7.43. The summed E-state index contributed by atoms with van der Waals surface area (Å²) in [6, 6.07) is 8.10. The van der Waals surface area contributed by atoms with Crippen LogP contribution in [-0.4, -0.2) is 51.9 Å². The molecule has 2 aliphatic rings. The predicted octanol–water partition coefficient (Wildman–Crippen LogP) is 3.51. The number of benzene rings is 1. The van der Waals surface area contributed by atoms with E-state index < -0.39 is 0 Å². The molecule has 144 valence electrons. The SMILES string of the molecule is CC(=O)N1CCC[C@@H](N(C(=O)NCc2cc3cc(Cl)ccc3[nH]2)C2CC2)C1. The number of nitrogens with one attached hydrogen (secondary N) is 2. The lowest BCUT2D eigenvalue weighted by molar-refractivity contribution is -0.130. The molecule has 1 aromatic carbocycles. The summed E-state index contributed by atoms with van der Waals surface area (Å²) < 4.78 is 0. The lowest BCUT2D eigenvalue weighted by Gasteiger charge is -2.39. The number of H-pyrrole nitrogens is 1. The zero-order valence-corrected chi connectivity index (χ0v) is 16.3. The van der Waals surface area contributed by atoms with Crippen molar-refractivity contribution in [3.05, 3.63) is 35.0 Å². The van der Waals surface area contributed by atoms with E-state index in [1.54, 1.807) is 6.92 Å². The number of likely N-dealkylation sites (tertiary alicyclic amines) is 1. The maximum absolute atomic E-state index is 12.9. The molecule has 2 fully saturated rings. The van der Waals surface area contributed by atoms with Crippen molar-refractivity contribution < 1.29 is 9.59 Å². The number of carbonyl (C=O) groups excluding carboxylic acids is 2. The van der Waals surface area contributed by atoms with Gasteiger partial charge in [-0.1, -0.05) is 11.6 Å². The van der Waals surface area contributed by atoms with Gasteiger partial charge in [0.05, 0.1) is 12.6 Å². The summed E-state index contributed by atoms with van der Waals surface area (Å²) in [5.74, 6) is 0.0904. The molecular weight excluding hydrogens is 364 g/mol. The standard InChI is InChI=1S/C20H25ClN4O2/c1-13(26)24-8-2-3-18(12-24)25(17-5-6-17)20(27)22-11-16-10-14-9-15(21)4-7-19(14)23-16/h4,7,9-10,17-18,23H,2-3,5-6,8,11-12H2,1H3,(H,22,27)/t18-/m1/s1. The zero-order valence-electron chi connectivity index (χ0n) is 15.5. The van der Waals surface area contributed by atoms with Crippen LogP contribution in [0.1, 0.15) is 38.3 Å². The van der Waals surface area contributed by atoms with E-state index in [-0.39, 0.29) is 18.0 Å². The fraction of sp³-hybridized carbons (Fsp3) is 0.500. The number of hydrogen-bond donors (Lipinski definition) is 2. The molecule has 2 aromatic rings. The summed E-state index contributed by atoms with van der Waals surface area (Å²) in [4.78, 5) is 31.8. The number of halogens is 1. The number of aromatic amines is 1. The monoisotopic (exact) mass is 388 g/mol. The van der Waals surface area contributed by atoms with Crippen LogP contribution in [0.5, 0.6) is 0 Å². The number of urea groups is 1. The molecule has 1 aliphatic carbocycles. The maximum atomic E-state index is 12.9. The van der Waals surface area contributed by atoms with Gasteiger partial charge in [-0.2, -0.15) is 0 Å². The maximum Gasteiger partial charge on any atom is 0.318 e. The van der Waals surface area contributed by atoms with E-state index in [4.69, 9.17) is 11.6 Å². The van der Waals surface area contributed by atoms with Gasteiger partial charge in [-0.3, -0.25) is 4.79 Å². The van der Waals surface area contributed by atoms with Crippen LogP contribution in [0.3, 0.4) is 0 Å². The molecule has 1 aromatic heterocycles. The molecule has 3 amide bonds. The molecule has 1 saturated heterocycles. The minimum Gasteiger partial charge on any atom is -0.357 e. The molecule has 1 aliphatic heterocycles. The first-order valence-corrected chi connectivity index (χ1v) is 9.98. The topological polar surface area (TPSA) is 68.4 Å². The number of hydrogen-bond acceptors (Lipinski definition) is 2. The van der Waals surface area contributed by atoms with Crippen molar-refractivity contribution >= 4 is 34.4 Å². The van der Waals surface area contributed by atoms with E-state index >= 15 is 0 Å². The van der Waals surface area contributed by atoms with Crippen molar-refractivity contribution in [2.24, 2.45) is 0 Å². The van der Waals surface area contributed by atoms with Crippen LogP contribution in [0.15, 0.2) is 24.3 Å². The van der Waals surface area contributed by atoms with E-state index in [1.807, 2.05) is 34.1 Å². The molecule has 0 spiro atoms. The van der Waals surface area contributed by atoms with Gasteiger partial charge < -0.3 is 20.1 Å². The van der Waals surface area contributed by atoms with Crippen molar-refractivity contribution in [2.45, 2.75) is 51.2 Å². The average molecular weight is 389 g/mol. The van der Waals surface area contributed by atoms with Gasteiger partial charge in [-0.25, -0.2) is 4.79 Å². The van der Waals surface area contributed by atoms with Crippen molar-refractivity contribution in [1.29, 1.82) is 0 Å². The van der Waals surface area contributed by atoms with Crippen LogP contribution in [-0.2, 0) is 11.3 Å². The largest absolute Gasteiger partial charge is 0.357 e. The van der Waals surface area contributed by atoms with Crippen molar-refractivity contribution in [2.75, 3.05) is 13.1 Å². The normalized spacial score (nSPS) is 19.9. The first-order chi connectivity index (χ1) is 13.0. The number of nitrogens with zero attached hydrogens (tertiary/aromatic N) is 2. The molecule has 7 heteroatoms. The Morgan fingerprint density at radius 2 is 2.07 bits per heavy atom. The highest BCUT2D eigenvalue weighted by molar-refractivity contribution is 6.31. The van der Waals surface area contributed by atoms with Gasteiger partial charge >= 0.3 is 6.03 Å². The first-order valence-electron chi connectivity index (χ1n) is 9.60. The van der Waals surface area contributed by atoms with E-state index in [2.05, 4.69) is 10.3 Å². The van der Waals surface area contributed by atoms with Crippen LogP contribution in [0.25, 0.3) is 10.9 Å². The van der Waals surface area contributed by atoms with Crippen LogP contribution < -0.4 is 5.32 Å². The van der Waals surface area contributed by atoms with Gasteiger partial charge in [0.15, 0.2) is 0 Å². The van der Waals surface area contributed by atoms with Gasteiger partial charge in [-0.15, -0.1) is 0 Å². The second-order valence-electron chi connectivity index (χ2n) is 7.58. The summed E-state index contributed by atoms with van der Waals surface area (Å²) >= 11 is 6.04. The van der Waals surface area contributed by atoms with Gasteiger partial charge in [0.25, 0.3) is 0 Å². The van der Waals surface area contributed by atoms with Crippen LogP contribution in [0.2, 0.25) is 5.02 Å².